The number of carbonyl (C=O) groups is 1. The summed E-state index contributed by atoms with van der Waals surface area (Å²) in [5.41, 5.74) is 2.82. The quantitative estimate of drug-likeness (QED) is 0.477. The van der Waals surface area contributed by atoms with Gasteiger partial charge in [0.2, 0.25) is 5.91 Å². The number of benzene rings is 2. The molecule has 164 valence electrons. The minimum atomic E-state index is -0.340. The molecule has 0 bridgehead atoms. The van der Waals surface area contributed by atoms with Crippen LogP contribution in [0.15, 0.2) is 71.7 Å². The summed E-state index contributed by atoms with van der Waals surface area (Å²) in [6.07, 6.45) is 2.03. The van der Waals surface area contributed by atoms with Gasteiger partial charge in [0, 0.05) is 29.8 Å². The number of methoxy groups -OCH3 is 1. The zero-order chi connectivity index (χ0) is 22.7. The van der Waals surface area contributed by atoms with Crippen LogP contribution < -0.4 is 15.6 Å². The van der Waals surface area contributed by atoms with Crippen LogP contribution in [-0.4, -0.2) is 27.4 Å². The number of nitrogens with one attached hydrogen (secondary N) is 1. The van der Waals surface area contributed by atoms with Gasteiger partial charge >= 0.3 is 0 Å². The Bertz CT molecular complexity index is 1320. The molecule has 2 aromatic heterocycles. The summed E-state index contributed by atoms with van der Waals surface area (Å²) >= 11 is 0. The van der Waals surface area contributed by atoms with Crippen LogP contribution in [0.25, 0.3) is 22.2 Å². The molecular weight excluding hydrogens is 404 g/mol. The number of hydrogen-bond acceptors (Lipinski definition) is 4. The number of rotatable bonds is 7. The molecule has 7 heteroatoms. The highest BCUT2D eigenvalue weighted by atomic mass is 16.5. The number of aromatic nitrogens is 3. The molecule has 0 atom stereocenters. The second kappa shape index (κ2) is 9.09. The second-order valence-corrected chi connectivity index (χ2v) is 8.09. The van der Waals surface area contributed by atoms with E-state index in [1.807, 2.05) is 54.7 Å². The maximum Gasteiger partial charge on any atom is 0.267 e. The van der Waals surface area contributed by atoms with Crippen LogP contribution in [-0.2, 0) is 17.9 Å². The van der Waals surface area contributed by atoms with Gasteiger partial charge in [0.05, 0.1) is 24.0 Å². The summed E-state index contributed by atoms with van der Waals surface area (Å²) in [5, 5.41) is 8.28. The highest BCUT2D eigenvalue weighted by Crippen LogP contribution is 2.25. The van der Waals surface area contributed by atoms with Gasteiger partial charge in [-0.3, -0.25) is 9.59 Å². The average Bonchev–Trinajstić information content (AvgIpc) is 3.18. The SMILES string of the molecule is COc1cccc(-c2ccc(=O)n(CC(=O)Nc3cccc4c3ccn4CC(C)C)n2)c1. The van der Waals surface area contributed by atoms with Gasteiger partial charge in [-0.05, 0) is 42.3 Å². The molecule has 7 nitrogen and oxygen atoms in total. The Kier molecular flexibility index (Phi) is 6.07. The fraction of sp³-hybridized carbons (Fsp3) is 0.240. The van der Waals surface area contributed by atoms with Crippen molar-refractivity contribution in [3.05, 3.63) is 77.2 Å². The summed E-state index contributed by atoms with van der Waals surface area (Å²) in [7, 11) is 1.59. The molecule has 0 aliphatic rings. The summed E-state index contributed by atoms with van der Waals surface area (Å²) in [6, 6.07) is 18.3. The van der Waals surface area contributed by atoms with Crippen LogP contribution in [0.2, 0.25) is 0 Å². The van der Waals surface area contributed by atoms with E-state index in [1.165, 1.54) is 10.7 Å². The van der Waals surface area contributed by atoms with Crippen molar-refractivity contribution in [3.63, 3.8) is 0 Å². The average molecular weight is 431 g/mol. The topological polar surface area (TPSA) is 78.1 Å². The van der Waals surface area contributed by atoms with Gasteiger partial charge in [-0.15, -0.1) is 0 Å². The molecule has 0 saturated carbocycles. The smallest absolute Gasteiger partial charge is 0.267 e. The van der Waals surface area contributed by atoms with E-state index in [1.54, 1.807) is 13.2 Å². The molecule has 0 saturated heterocycles. The van der Waals surface area contributed by atoms with E-state index in [0.717, 1.165) is 23.0 Å². The van der Waals surface area contributed by atoms with Crippen molar-refractivity contribution in [2.24, 2.45) is 5.92 Å². The first-order valence-electron chi connectivity index (χ1n) is 10.5. The van der Waals surface area contributed by atoms with Crippen molar-refractivity contribution < 1.29 is 9.53 Å². The van der Waals surface area contributed by atoms with E-state index in [2.05, 4.69) is 28.8 Å². The molecule has 1 N–H and O–H groups in total. The van der Waals surface area contributed by atoms with Crippen molar-refractivity contribution in [3.8, 4) is 17.0 Å². The number of nitrogens with zero attached hydrogens (tertiary/aromatic N) is 3. The highest BCUT2D eigenvalue weighted by Gasteiger charge is 2.12. The van der Waals surface area contributed by atoms with Crippen molar-refractivity contribution in [2.75, 3.05) is 12.4 Å². The zero-order valence-corrected chi connectivity index (χ0v) is 18.4. The number of fused-ring (bicyclic) bond motifs is 1. The lowest BCUT2D eigenvalue weighted by Gasteiger charge is -2.11. The summed E-state index contributed by atoms with van der Waals surface area (Å²) in [5.74, 6) is 0.891. The van der Waals surface area contributed by atoms with E-state index in [9.17, 15) is 9.59 Å². The van der Waals surface area contributed by atoms with Crippen LogP contribution in [0.5, 0.6) is 5.75 Å². The minimum absolute atomic E-state index is 0.181. The fourth-order valence-electron chi connectivity index (χ4n) is 3.71. The van der Waals surface area contributed by atoms with Gasteiger partial charge < -0.3 is 14.6 Å². The Morgan fingerprint density at radius 2 is 1.91 bits per heavy atom. The molecule has 32 heavy (non-hydrogen) atoms. The highest BCUT2D eigenvalue weighted by molar-refractivity contribution is 6.01. The lowest BCUT2D eigenvalue weighted by atomic mass is 10.1. The van der Waals surface area contributed by atoms with E-state index in [4.69, 9.17) is 4.74 Å². The summed E-state index contributed by atoms with van der Waals surface area (Å²) < 4.78 is 8.61. The lowest BCUT2D eigenvalue weighted by Crippen LogP contribution is -2.29. The fourth-order valence-corrected chi connectivity index (χ4v) is 3.71. The maximum absolute atomic E-state index is 12.8. The van der Waals surface area contributed by atoms with E-state index in [0.29, 0.717) is 23.0 Å². The predicted octanol–water partition coefficient (Wildman–Crippen LogP) is 4.17. The minimum Gasteiger partial charge on any atom is -0.497 e. The third kappa shape index (κ3) is 4.56. The molecule has 2 aromatic carbocycles. The van der Waals surface area contributed by atoms with E-state index < -0.39 is 0 Å². The van der Waals surface area contributed by atoms with Gasteiger partial charge in [-0.2, -0.15) is 5.10 Å². The van der Waals surface area contributed by atoms with Crippen molar-refractivity contribution in [1.29, 1.82) is 0 Å². The Hall–Kier alpha value is -3.87. The third-order valence-electron chi connectivity index (χ3n) is 5.18. The van der Waals surface area contributed by atoms with Crippen molar-refractivity contribution in [1.82, 2.24) is 14.3 Å². The summed E-state index contributed by atoms with van der Waals surface area (Å²) in [4.78, 5) is 25.1. The monoisotopic (exact) mass is 430 g/mol. The molecule has 0 radical (unpaired) electrons. The predicted molar refractivity (Wildman–Crippen MR) is 126 cm³/mol. The Morgan fingerprint density at radius 1 is 1.09 bits per heavy atom. The normalized spacial score (nSPS) is 11.1. The molecule has 0 aliphatic heterocycles. The van der Waals surface area contributed by atoms with Gasteiger partial charge in [-0.1, -0.05) is 32.0 Å². The molecule has 4 rings (SSSR count). The number of hydrogen-bond donors (Lipinski definition) is 1. The molecule has 0 spiro atoms. The van der Waals surface area contributed by atoms with Gasteiger partial charge in [0.1, 0.15) is 12.3 Å². The molecular formula is C25H26N4O3. The molecule has 0 unspecified atom stereocenters. The van der Waals surface area contributed by atoms with Crippen LogP contribution in [0.4, 0.5) is 5.69 Å². The largest absolute Gasteiger partial charge is 0.497 e. The molecule has 0 aliphatic carbocycles. The van der Waals surface area contributed by atoms with Crippen molar-refractivity contribution >= 4 is 22.5 Å². The first kappa shape index (κ1) is 21.4. The zero-order valence-electron chi connectivity index (χ0n) is 18.4. The molecule has 0 fully saturated rings. The Balaban J connectivity index is 1.56. The standard InChI is InChI=1S/C25H26N4O3/c1-17(2)15-28-13-12-20-22(8-5-9-23(20)28)26-24(30)16-29-25(31)11-10-21(27-29)18-6-4-7-19(14-18)32-3/h4-14,17H,15-16H2,1-3H3,(H,26,30). The third-order valence-corrected chi connectivity index (χ3v) is 5.18. The Morgan fingerprint density at radius 3 is 2.69 bits per heavy atom. The van der Waals surface area contributed by atoms with E-state index >= 15 is 0 Å². The number of ether oxygens (including phenoxy) is 1. The molecule has 1 amide bonds. The lowest BCUT2D eigenvalue weighted by molar-refractivity contribution is -0.117. The number of amides is 1. The van der Waals surface area contributed by atoms with Crippen LogP contribution >= 0.6 is 0 Å². The van der Waals surface area contributed by atoms with E-state index in [-0.39, 0.29) is 18.0 Å². The van der Waals surface area contributed by atoms with Gasteiger partial charge in [-0.25, -0.2) is 4.68 Å². The maximum atomic E-state index is 12.8. The van der Waals surface area contributed by atoms with Crippen LogP contribution in [0, 0.1) is 5.92 Å². The summed E-state index contributed by atoms with van der Waals surface area (Å²) in [6.45, 7) is 5.06. The first-order valence-corrected chi connectivity index (χ1v) is 10.5. The molecule has 2 heterocycles. The second-order valence-electron chi connectivity index (χ2n) is 8.09. The number of carbonyl (C=O) groups excluding carboxylic acids is 1. The van der Waals surface area contributed by atoms with Gasteiger partial charge in [0.25, 0.3) is 5.56 Å². The number of anilines is 1. The van der Waals surface area contributed by atoms with Crippen LogP contribution in [0.3, 0.4) is 0 Å². The van der Waals surface area contributed by atoms with Gasteiger partial charge in [0.15, 0.2) is 0 Å². The van der Waals surface area contributed by atoms with Crippen molar-refractivity contribution in [2.45, 2.75) is 26.9 Å². The molecule has 4 aromatic rings. The first-order chi connectivity index (χ1) is 15.4. The Labute approximate surface area is 186 Å². The van der Waals surface area contributed by atoms with Crippen LogP contribution in [0.1, 0.15) is 13.8 Å².